The first-order valence-corrected chi connectivity index (χ1v) is 17.5. The highest BCUT2D eigenvalue weighted by molar-refractivity contribution is 6.11. The Morgan fingerprint density at radius 2 is 0.750 bits per heavy atom. The topological polar surface area (TPSA) is 43.9 Å². The van der Waals surface area contributed by atoms with Crippen LogP contribution in [0.15, 0.2) is 192 Å². The minimum atomic E-state index is 0.488. The summed E-state index contributed by atoms with van der Waals surface area (Å²) in [5.74, 6) is 0.984. The number of hydrogen-bond acceptors (Lipinski definition) is 3. The first-order valence-electron chi connectivity index (χ1n) is 17.5. The Morgan fingerprint density at radius 3 is 1.33 bits per heavy atom. The van der Waals surface area contributed by atoms with Gasteiger partial charge in [0, 0.05) is 27.6 Å². The molecule has 0 fully saturated rings. The maximum atomic E-state index is 6.21. The molecule has 0 unspecified atom stereocenters. The van der Waals surface area contributed by atoms with Gasteiger partial charge < -0.3 is 8.98 Å². The van der Waals surface area contributed by atoms with E-state index in [4.69, 9.17) is 4.42 Å². The van der Waals surface area contributed by atoms with E-state index in [-0.39, 0.29) is 0 Å². The summed E-state index contributed by atoms with van der Waals surface area (Å²) in [6.45, 7) is 0. The lowest BCUT2D eigenvalue weighted by molar-refractivity contribution is 0.584. The fraction of sp³-hybridized carbons (Fsp3) is 0. The predicted octanol–water partition coefficient (Wildman–Crippen LogP) is 12.7. The van der Waals surface area contributed by atoms with Crippen molar-refractivity contribution in [2.75, 3.05) is 0 Å². The molecule has 10 aromatic rings. The van der Waals surface area contributed by atoms with E-state index in [1.165, 1.54) is 49.4 Å². The second-order valence-corrected chi connectivity index (χ2v) is 13.1. The Hall–Kier alpha value is -7.04. The molecular formula is C48H31N3O. The van der Waals surface area contributed by atoms with E-state index < -0.39 is 0 Å². The molecule has 4 heteroatoms. The van der Waals surface area contributed by atoms with E-state index >= 15 is 0 Å². The lowest BCUT2D eigenvalue weighted by Gasteiger charge is -2.09. The van der Waals surface area contributed by atoms with Crippen LogP contribution in [0.25, 0.3) is 94.6 Å². The minimum absolute atomic E-state index is 0.488. The molecule has 0 aliphatic carbocycles. The van der Waals surface area contributed by atoms with Crippen molar-refractivity contribution in [2.45, 2.75) is 0 Å². The van der Waals surface area contributed by atoms with Crippen LogP contribution in [0.2, 0.25) is 0 Å². The van der Waals surface area contributed by atoms with Crippen molar-refractivity contribution in [3.63, 3.8) is 0 Å². The standard InChI is InChI=1S/C48H31N3O/c1-3-9-32(10-4-1)40-23-27-45-43(30-40)44-31-41(33-11-5-2-6-12-33)24-28-46(44)51(45)42-25-21-37(22-26-42)48-50-49-47(52-48)36-18-15-35(16-19-36)39-20-17-34-13-7-8-14-38(34)29-39/h1-31H. The summed E-state index contributed by atoms with van der Waals surface area (Å²) < 4.78 is 8.55. The number of hydrogen-bond donors (Lipinski definition) is 0. The monoisotopic (exact) mass is 665 g/mol. The summed E-state index contributed by atoms with van der Waals surface area (Å²) in [6, 6.07) is 66.3. The summed E-state index contributed by atoms with van der Waals surface area (Å²) in [4.78, 5) is 0. The van der Waals surface area contributed by atoms with Gasteiger partial charge in [0.2, 0.25) is 11.8 Å². The van der Waals surface area contributed by atoms with Crippen molar-refractivity contribution in [1.29, 1.82) is 0 Å². The summed E-state index contributed by atoms with van der Waals surface area (Å²) in [7, 11) is 0. The first-order chi connectivity index (χ1) is 25.7. The zero-order valence-electron chi connectivity index (χ0n) is 28.1. The van der Waals surface area contributed by atoms with Gasteiger partial charge >= 0.3 is 0 Å². The highest BCUT2D eigenvalue weighted by Gasteiger charge is 2.16. The molecule has 2 aromatic heterocycles. The van der Waals surface area contributed by atoms with Gasteiger partial charge in [-0.3, -0.25) is 0 Å². The quantitative estimate of drug-likeness (QED) is 0.178. The van der Waals surface area contributed by atoms with Gasteiger partial charge in [-0.05, 0) is 111 Å². The molecule has 4 nitrogen and oxygen atoms in total. The molecule has 0 aliphatic rings. The Balaban J connectivity index is 0.985. The molecule has 52 heavy (non-hydrogen) atoms. The Morgan fingerprint density at radius 1 is 0.327 bits per heavy atom. The lowest BCUT2D eigenvalue weighted by Crippen LogP contribution is -1.94. The third kappa shape index (κ3) is 5.26. The van der Waals surface area contributed by atoms with Crippen LogP contribution in [0.4, 0.5) is 0 Å². The molecule has 0 atom stereocenters. The second kappa shape index (κ2) is 12.4. The van der Waals surface area contributed by atoms with Crippen LogP contribution in [0, 0.1) is 0 Å². The Labute approximate surface area is 300 Å². The van der Waals surface area contributed by atoms with Gasteiger partial charge in [0.05, 0.1) is 11.0 Å². The van der Waals surface area contributed by atoms with E-state index in [1.807, 2.05) is 12.1 Å². The summed E-state index contributed by atoms with van der Waals surface area (Å²) >= 11 is 0. The Bertz CT molecular complexity index is 2770. The summed E-state index contributed by atoms with van der Waals surface area (Å²) in [5.41, 5.74) is 12.2. The van der Waals surface area contributed by atoms with Crippen LogP contribution in [-0.2, 0) is 0 Å². The fourth-order valence-electron chi connectivity index (χ4n) is 7.31. The largest absolute Gasteiger partial charge is 0.416 e. The van der Waals surface area contributed by atoms with Crippen LogP contribution in [-0.4, -0.2) is 14.8 Å². The third-order valence-electron chi connectivity index (χ3n) is 9.99. The molecule has 0 amide bonds. The first kappa shape index (κ1) is 29.8. The molecule has 0 N–H and O–H groups in total. The number of fused-ring (bicyclic) bond motifs is 4. The molecule has 10 rings (SSSR count). The molecular weight excluding hydrogens is 635 g/mol. The predicted molar refractivity (Wildman–Crippen MR) is 213 cm³/mol. The molecule has 0 bridgehead atoms. The van der Waals surface area contributed by atoms with Crippen LogP contribution in [0.1, 0.15) is 0 Å². The van der Waals surface area contributed by atoms with Crippen molar-refractivity contribution < 1.29 is 4.42 Å². The number of nitrogens with zero attached hydrogens (tertiary/aromatic N) is 3. The molecule has 2 heterocycles. The number of rotatable bonds is 6. The molecule has 0 saturated carbocycles. The minimum Gasteiger partial charge on any atom is -0.416 e. The smallest absolute Gasteiger partial charge is 0.248 e. The summed E-state index contributed by atoms with van der Waals surface area (Å²) in [6.07, 6.45) is 0. The maximum absolute atomic E-state index is 6.21. The molecule has 0 aliphatic heterocycles. The van der Waals surface area contributed by atoms with Gasteiger partial charge in [-0.1, -0.05) is 121 Å². The van der Waals surface area contributed by atoms with E-state index in [2.05, 4.69) is 191 Å². The van der Waals surface area contributed by atoms with Crippen molar-refractivity contribution in [3.8, 4) is 62.0 Å². The van der Waals surface area contributed by atoms with Crippen molar-refractivity contribution in [1.82, 2.24) is 14.8 Å². The summed E-state index contributed by atoms with van der Waals surface area (Å²) in [5, 5.41) is 13.7. The van der Waals surface area contributed by atoms with Gasteiger partial charge in [-0.2, -0.15) is 0 Å². The number of benzene rings is 8. The van der Waals surface area contributed by atoms with Crippen LogP contribution in [0.5, 0.6) is 0 Å². The molecule has 244 valence electrons. The zero-order valence-corrected chi connectivity index (χ0v) is 28.1. The molecule has 0 radical (unpaired) electrons. The van der Waals surface area contributed by atoms with Crippen molar-refractivity contribution in [2.24, 2.45) is 0 Å². The molecule has 0 spiro atoms. The van der Waals surface area contributed by atoms with Gasteiger partial charge in [0.1, 0.15) is 0 Å². The highest BCUT2D eigenvalue weighted by Crippen LogP contribution is 2.38. The van der Waals surface area contributed by atoms with Crippen LogP contribution >= 0.6 is 0 Å². The SMILES string of the molecule is c1ccc(-c2ccc3c(c2)c2cc(-c4ccccc4)ccc2n3-c2ccc(-c3nnc(-c4ccc(-c5ccc6ccccc6c5)cc4)o3)cc2)cc1. The maximum Gasteiger partial charge on any atom is 0.248 e. The third-order valence-corrected chi connectivity index (χ3v) is 9.99. The van der Waals surface area contributed by atoms with Gasteiger partial charge in [0.15, 0.2) is 0 Å². The lowest BCUT2D eigenvalue weighted by atomic mass is 10.0. The van der Waals surface area contributed by atoms with Crippen molar-refractivity contribution in [3.05, 3.63) is 188 Å². The highest BCUT2D eigenvalue weighted by atomic mass is 16.4. The van der Waals surface area contributed by atoms with E-state index in [9.17, 15) is 0 Å². The zero-order chi connectivity index (χ0) is 34.4. The van der Waals surface area contributed by atoms with E-state index in [0.717, 1.165) is 33.4 Å². The molecule has 8 aromatic carbocycles. The van der Waals surface area contributed by atoms with Gasteiger partial charge in [-0.15, -0.1) is 10.2 Å². The van der Waals surface area contributed by atoms with Gasteiger partial charge in [-0.25, -0.2) is 0 Å². The van der Waals surface area contributed by atoms with E-state index in [0.29, 0.717) is 11.8 Å². The normalized spacial score (nSPS) is 11.5. The fourth-order valence-corrected chi connectivity index (χ4v) is 7.31. The average Bonchev–Trinajstić information content (AvgIpc) is 3.85. The average molecular weight is 666 g/mol. The van der Waals surface area contributed by atoms with Crippen molar-refractivity contribution >= 4 is 32.6 Å². The van der Waals surface area contributed by atoms with E-state index in [1.54, 1.807) is 0 Å². The molecule has 0 saturated heterocycles. The second-order valence-electron chi connectivity index (χ2n) is 13.1. The van der Waals surface area contributed by atoms with Crippen LogP contribution in [0.3, 0.4) is 0 Å². The number of aromatic nitrogens is 3. The van der Waals surface area contributed by atoms with Gasteiger partial charge in [0.25, 0.3) is 0 Å². The van der Waals surface area contributed by atoms with Crippen LogP contribution < -0.4 is 0 Å². The Kier molecular flexibility index (Phi) is 7.10.